The fraction of sp³-hybridized carbons (Fsp3) is 0.500. The topological polar surface area (TPSA) is 87.0 Å². The first-order valence-electron chi connectivity index (χ1n) is 6.41. The Labute approximate surface area is 117 Å². The third-order valence-corrected chi connectivity index (χ3v) is 2.40. The van der Waals surface area contributed by atoms with Crippen LogP contribution < -0.4 is 10.1 Å². The van der Waals surface area contributed by atoms with Crippen LogP contribution in [-0.2, 0) is 4.74 Å². The number of ether oxygens (including phenoxy) is 2. The number of nitrogens with one attached hydrogen (secondary N) is 1. The van der Waals surface area contributed by atoms with E-state index in [-0.39, 0.29) is 12.1 Å². The Balaban J connectivity index is 2.18. The molecular formula is C12H18N6O2. The lowest BCUT2D eigenvalue weighted by atomic mass is 10.4. The van der Waals surface area contributed by atoms with Gasteiger partial charge in [0.05, 0.1) is 6.61 Å². The third kappa shape index (κ3) is 3.64. The highest BCUT2D eigenvalue weighted by Gasteiger charge is 2.11. The summed E-state index contributed by atoms with van der Waals surface area (Å²) in [5.41, 5.74) is 0. The standard InChI is InChI=1S/C12H18N6O2/c1-4-19-8-9(2)20-12-16-10(13-3)15-11(17-12)18-7-5-6-14-18/h5-7,9H,4,8H2,1-3H3,(H,13,15,16,17). The molecule has 0 saturated heterocycles. The van der Waals surface area contributed by atoms with Crippen LogP contribution in [0, 0.1) is 0 Å². The Kier molecular flexibility index (Phi) is 4.83. The second kappa shape index (κ2) is 6.80. The number of rotatable bonds is 7. The highest BCUT2D eigenvalue weighted by atomic mass is 16.5. The minimum atomic E-state index is -0.146. The molecule has 2 heterocycles. The zero-order valence-corrected chi connectivity index (χ0v) is 11.8. The molecule has 1 unspecified atom stereocenters. The average molecular weight is 278 g/mol. The quantitative estimate of drug-likeness (QED) is 0.805. The van der Waals surface area contributed by atoms with Gasteiger partial charge >= 0.3 is 6.01 Å². The molecule has 1 atom stereocenters. The van der Waals surface area contributed by atoms with E-state index in [1.165, 1.54) is 0 Å². The molecule has 0 saturated carbocycles. The van der Waals surface area contributed by atoms with Crippen molar-refractivity contribution >= 4 is 5.95 Å². The van der Waals surface area contributed by atoms with Crippen molar-refractivity contribution in [1.29, 1.82) is 0 Å². The molecule has 8 heteroatoms. The Bertz CT molecular complexity index is 531. The largest absolute Gasteiger partial charge is 0.458 e. The van der Waals surface area contributed by atoms with Crippen LogP contribution in [0.4, 0.5) is 5.95 Å². The lowest BCUT2D eigenvalue weighted by Crippen LogP contribution is -2.21. The second-order valence-electron chi connectivity index (χ2n) is 4.03. The molecule has 0 amide bonds. The van der Waals surface area contributed by atoms with E-state index in [2.05, 4.69) is 25.4 Å². The zero-order chi connectivity index (χ0) is 14.4. The van der Waals surface area contributed by atoms with Crippen LogP contribution in [-0.4, -0.2) is 51.1 Å². The van der Waals surface area contributed by atoms with Crippen molar-refractivity contribution in [1.82, 2.24) is 24.7 Å². The van der Waals surface area contributed by atoms with Crippen molar-refractivity contribution in [3.8, 4) is 12.0 Å². The summed E-state index contributed by atoms with van der Waals surface area (Å²) in [6, 6.07) is 2.03. The molecule has 0 aliphatic heterocycles. The maximum absolute atomic E-state index is 5.63. The third-order valence-electron chi connectivity index (χ3n) is 2.40. The highest BCUT2D eigenvalue weighted by molar-refractivity contribution is 5.29. The van der Waals surface area contributed by atoms with Crippen LogP contribution in [0.5, 0.6) is 6.01 Å². The summed E-state index contributed by atoms with van der Waals surface area (Å²) < 4.78 is 12.5. The van der Waals surface area contributed by atoms with Crippen molar-refractivity contribution < 1.29 is 9.47 Å². The molecule has 20 heavy (non-hydrogen) atoms. The van der Waals surface area contributed by atoms with E-state index >= 15 is 0 Å². The average Bonchev–Trinajstić information content (AvgIpc) is 2.99. The minimum absolute atomic E-state index is 0.146. The lowest BCUT2D eigenvalue weighted by Gasteiger charge is -2.13. The van der Waals surface area contributed by atoms with Crippen LogP contribution >= 0.6 is 0 Å². The highest BCUT2D eigenvalue weighted by Crippen LogP contribution is 2.11. The van der Waals surface area contributed by atoms with E-state index in [1.54, 1.807) is 30.2 Å². The summed E-state index contributed by atoms with van der Waals surface area (Å²) in [7, 11) is 1.73. The van der Waals surface area contributed by atoms with Crippen molar-refractivity contribution in [3.63, 3.8) is 0 Å². The van der Waals surface area contributed by atoms with Gasteiger partial charge in [-0.05, 0) is 19.9 Å². The van der Waals surface area contributed by atoms with Gasteiger partial charge in [-0.15, -0.1) is 0 Å². The SMILES string of the molecule is CCOCC(C)Oc1nc(NC)nc(-n2cccn2)n1. The molecular weight excluding hydrogens is 260 g/mol. The van der Waals surface area contributed by atoms with E-state index in [9.17, 15) is 0 Å². The van der Waals surface area contributed by atoms with Crippen molar-refractivity contribution in [2.24, 2.45) is 0 Å². The van der Waals surface area contributed by atoms with E-state index in [1.807, 2.05) is 13.8 Å². The van der Waals surface area contributed by atoms with E-state index in [0.29, 0.717) is 25.1 Å². The molecule has 0 fully saturated rings. The maximum Gasteiger partial charge on any atom is 0.323 e. The van der Waals surface area contributed by atoms with Gasteiger partial charge in [-0.2, -0.15) is 20.1 Å². The molecule has 0 aliphatic rings. The molecule has 0 bridgehead atoms. The summed E-state index contributed by atoms with van der Waals surface area (Å²) >= 11 is 0. The van der Waals surface area contributed by atoms with Crippen LogP contribution in [0.3, 0.4) is 0 Å². The van der Waals surface area contributed by atoms with E-state index in [0.717, 1.165) is 0 Å². The van der Waals surface area contributed by atoms with E-state index < -0.39 is 0 Å². The predicted octanol–water partition coefficient (Wildman–Crippen LogP) is 0.903. The molecule has 0 aromatic carbocycles. The normalized spacial score (nSPS) is 12.2. The fourth-order valence-electron chi connectivity index (χ4n) is 1.50. The Hall–Kier alpha value is -2.22. The summed E-state index contributed by atoms with van der Waals surface area (Å²) in [5, 5.41) is 6.96. The van der Waals surface area contributed by atoms with Crippen molar-refractivity contribution in [2.75, 3.05) is 25.6 Å². The van der Waals surface area contributed by atoms with Crippen molar-refractivity contribution in [3.05, 3.63) is 18.5 Å². The van der Waals surface area contributed by atoms with Gasteiger partial charge < -0.3 is 14.8 Å². The van der Waals surface area contributed by atoms with Crippen LogP contribution in [0.25, 0.3) is 5.95 Å². The van der Waals surface area contributed by atoms with Crippen LogP contribution in [0.2, 0.25) is 0 Å². The predicted molar refractivity (Wildman–Crippen MR) is 73.1 cm³/mol. The first-order valence-corrected chi connectivity index (χ1v) is 6.41. The Morgan fingerprint density at radius 1 is 1.35 bits per heavy atom. The summed E-state index contributed by atoms with van der Waals surface area (Å²) in [6.45, 7) is 4.95. The number of aromatic nitrogens is 5. The number of hydrogen-bond donors (Lipinski definition) is 1. The molecule has 2 aromatic heterocycles. The number of hydrogen-bond acceptors (Lipinski definition) is 7. The van der Waals surface area contributed by atoms with Gasteiger partial charge in [0.1, 0.15) is 6.10 Å². The Morgan fingerprint density at radius 2 is 2.20 bits per heavy atom. The molecule has 8 nitrogen and oxygen atoms in total. The number of anilines is 1. The van der Waals surface area contributed by atoms with Crippen LogP contribution in [0.15, 0.2) is 18.5 Å². The second-order valence-corrected chi connectivity index (χ2v) is 4.03. The van der Waals surface area contributed by atoms with E-state index in [4.69, 9.17) is 9.47 Å². The smallest absolute Gasteiger partial charge is 0.323 e. The lowest BCUT2D eigenvalue weighted by molar-refractivity contribution is 0.0606. The first-order chi connectivity index (χ1) is 9.72. The van der Waals surface area contributed by atoms with Crippen molar-refractivity contribution in [2.45, 2.75) is 20.0 Å². The van der Waals surface area contributed by atoms with Gasteiger partial charge in [0, 0.05) is 26.0 Å². The molecule has 2 rings (SSSR count). The van der Waals surface area contributed by atoms with Gasteiger partial charge in [0.25, 0.3) is 5.95 Å². The maximum atomic E-state index is 5.63. The molecule has 0 spiro atoms. The molecule has 1 N–H and O–H groups in total. The van der Waals surface area contributed by atoms with Gasteiger partial charge in [0.2, 0.25) is 5.95 Å². The molecule has 0 radical (unpaired) electrons. The van der Waals surface area contributed by atoms with Gasteiger partial charge in [-0.25, -0.2) is 4.68 Å². The Morgan fingerprint density at radius 3 is 2.85 bits per heavy atom. The van der Waals surface area contributed by atoms with Gasteiger partial charge in [-0.3, -0.25) is 0 Å². The van der Waals surface area contributed by atoms with Gasteiger partial charge in [0.15, 0.2) is 0 Å². The van der Waals surface area contributed by atoms with Gasteiger partial charge in [-0.1, -0.05) is 0 Å². The summed E-state index contributed by atoms with van der Waals surface area (Å²) in [4.78, 5) is 12.6. The van der Waals surface area contributed by atoms with Crippen LogP contribution in [0.1, 0.15) is 13.8 Å². The molecule has 2 aromatic rings. The first kappa shape index (κ1) is 14.2. The fourth-order valence-corrected chi connectivity index (χ4v) is 1.50. The number of nitrogens with zero attached hydrogens (tertiary/aromatic N) is 5. The summed E-state index contributed by atoms with van der Waals surface area (Å²) in [5.74, 6) is 0.817. The zero-order valence-electron chi connectivity index (χ0n) is 11.8. The minimum Gasteiger partial charge on any atom is -0.458 e. The summed E-state index contributed by atoms with van der Waals surface area (Å²) in [6.07, 6.45) is 3.26. The monoisotopic (exact) mass is 278 g/mol. The molecule has 108 valence electrons. The molecule has 0 aliphatic carbocycles.